The lowest BCUT2D eigenvalue weighted by atomic mass is 9.48. The maximum Gasteiger partial charge on any atom is 0.328 e. The summed E-state index contributed by atoms with van der Waals surface area (Å²) < 4.78 is 1.78. The Labute approximate surface area is 173 Å². The van der Waals surface area contributed by atoms with Gasteiger partial charge >= 0.3 is 5.69 Å². The fourth-order valence-electron chi connectivity index (χ4n) is 6.75. The lowest BCUT2D eigenvalue weighted by Gasteiger charge is -2.59. The molecular weight excluding hydrogens is 386 g/mol. The van der Waals surface area contributed by atoms with Crippen LogP contribution in [0.3, 0.4) is 0 Å². The number of aromatic amines is 1. The molecule has 4 bridgehead atoms. The lowest BCUT2D eigenvalue weighted by molar-refractivity contribution is -0.126. The number of H-pyrrole nitrogens is 1. The van der Waals surface area contributed by atoms with Crippen LogP contribution in [0.25, 0.3) is 10.2 Å². The van der Waals surface area contributed by atoms with Gasteiger partial charge < -0.3 is 10.3 Å². The minimum atomic E-state index is -0.400. The van der Waals surface area contributed by atoms with Crippen molar-refractivity contribution in [3.8, 4) is 0 Å². The average Bonchev–Trinajstić information content (AvgIpc) is 3.11. The van der Waals surface area contributed by atoms with Crippen LogP contribution in [-0.2, 0) is 11.3 Å². The van der Waals surface area contributed by atoms with Crippen LogP contribution < -0.4 is 16.6 Å². The molecular formula is C22H29N3O3S. The van der Waals surface area contributed by atoms with Gasteiger partial charge in [0.15, 0.2) is 0 Å². The summed E-state index contributed by atoms with van der Waals surface area (Å²) in [6, 6.07) is 1.95. The number of thiophene rings is 1. The van der Waals surface area contributed by atoms with Crippen LogP contribution in [-0.4, -0.2) is 21.5 Å². The van der Waals surface area contributed by atoms with Crippen LogP contribution in [0.15, 0.2) is 21.0 Å². The SMILES string of the molecule is CC(NC(=O)CCCn1c(=O)[nH]c2ccsc2c1=O)C12CC3CC(CC(C3)C1)C2. The number of rotatable bonds is 6. The van der Waals surface area contributed by atoms with Gasteiger partial charge in [-0.25, -0.2) is 4.79 Å². The monoisotopic (exact) mass is 415 g/mol. The van der Waals surface area contributed by atoms with Gasteiger partial charge in [0.1, 0.15) is 4.70 Å². The minimum Gasteiger partial charge on any atom is -0.353 e. The van der Waals surface area contributed by atoms with E-state index in [1.807, 2.05) is 0 Å². The number of aromatic nitrogens is 2. The molecule has 0 spiro atoms. The number of nitrogens with one attached hydrogen (secondary N) is 2. The van der Waals surface area contributed by atoms with Crippen molar-refractivity contribution in [3.05, 3.63) is 32.3 Å². The summed E-state index contributed by atoms with van der Waals surface area (Å²) in [5.41, 5.74) is 0.218. The average molecular weight is 416 g/mol. The van der Waals surface area contributed by atoms with E-state index < -0.39 is 5.69 Å². The summed E-state index contributed by atoms with van der Waals surface area (Å²) in [6.45, 7) is 2.45. The molecule has 0 aliphatic heterocycles. The van der Waals surface area contributed by atoms with Crippen LogP contribution in [0.4, 0.5) is 0 Å². The van der Waals surface area contributed by atoms with Gasteiger partial charge in [0.2, 0.25) is 5.91 Å². The van der Waals surface area contributed by atoms with Crippen molar-refractivity contribution < 1.29 is 4.79 Å². The standard InChI is InChI=1S/C22H29N3O3S/c1-13(22-10-14-7-15(11-22)9-16(8-14)12-22)23-18(26)3-2-5-25-20(27)19-17(4-6-29-19)24-21(25)28/h4,6,13-16H,2-3,5,7-12H2,1H3,(H,23,26)(H,24,28). The Morgan fingerprint density at radius 3 is 2.55 bits per heavy atom. The van der Waals surface area contributed by atoms with E-state index in [4.69, 9.17) is 0 Å². The van der Waals surface area contributed by atoms with Gasteiger partial charge in [-0.05, 0) is 86.5 Å². The second-order valence-corrected chi connectivity index (χ2v) is 10.6. The fraction of sp³-hybridized carbons (Fsp3) is 0.682. The Bertz CT molecular complexity index is 1010. The van der Waals surface area contributed by atoms with E-state index in [0.29, 0.717) is 28.5 Å². The summed E-state index contributed by atoms with van der Waals surface area (Å²) in [5, 5.41) is 5.06. The Kier molecular flexibility index (Phi) is 4.68. The number of carbonyl (C=O) groups excluding carboxylic acids is 1. The molecule has 4 saturated carbocycles. The molecule has 0 saturated heterocycles. The van der Waals surface area contributed by atoms with Crippen LogP contribution in [0.1, 0.15) is 58.3 Å². The van der Waals surface area contributed by atoms with Gasteiger partial charge in [-0.1, -0.05) is 0 Å². The van der Waals surface area contributed by atoms with Crippen molar-refractivity contribution in [3.63, 3.8) is 0 Å². The zero-order valence-corrected chi connectivity index (χ0v) is 17.7. The number of carbonyl (C=O) groups is 1. The van der Waals surface area contributed by atoms with Crippen LogP contribution in [0, 0.1) is 23.2 Å². The highest BCUT2D eigenvalue weighted by molar-refractivity contribution is 7.17. The molecule has 4 fully saturated rings. The van der Waals surface area contributed by atoms with Crippen LogP contribution in [0.5, 0.6) is 0 Å². The van der Waals surface area contributed by atoms with E-state index in [-0.39, 0.29) is 24.1 Å². The normalized spacial score (nSPS) is 31.3. The summed E-state index contributed by atoms with van der Waals surface area (Å²) in [5.74, 6) is 2.64. The highest BCUT2D eigenvalue weighted by Crippen LogP contribution is 2.61. The first-order valence-electron chi connectivity index (χ1n) is 10.9. The van der Waals surface area contributed by atoms with Crippen LogP contribution >= 0.6 is 11.3 Å². The number of hydrogen-bond donors (Lipinski definition) is 2. The lowest BCUT2D eigenvalue weighted by Crippen LogP contribution is -2.55. The Morgan fingerprint density at radius 1 is 1.24 bits per heavy atom. The molecule has 1 amide bonds. The molecule has 4 aliphatic carbocycles. The van der Waals surface area contributed by atoms with Gasteiger partial charge in [0.25, 0.3) is 5.56 Å². The Balaban J connectivity index is 1.19. The summed E-state index contributed by atoms with van der Waals surface area (Å²) >= 11 is 1.33. The number of hydrogen-bond acceptors (Lipinski definition) is 4. The minimum absolute atomic E-state index is 0.0370. The van der Waals surface area contributed by atoms with Gasteiger partial charge in [0, 0.05) is 19.0 Å². The first kappa shape index (κ1) is 19.1. The third kappa shape index (κ3) is 3.37. The molecule has 2 aromatic heterocycles. The Morgan fingerprint density at radius 2 is 1.90 bits per heavy atom. The molecule has 1 atom stereocenters. The Hall–Kier alpha value is -1.89. The predicted molar refractivity (Wildman–Crippen MR) is 114 cm³/mol. The molecule has 4 aliphatic rings. The van der Waals surface area contributed by atoms with E-state index in [2.05, 4.69) is 17.2 Å². The third-order valence-corrected chi connectivity index (χ3v) is 8.66. The number of amides is 1. The largest absolute Gasteiger partial charge is 0.353 e. The molecule has 1 unspecified atom stereocenters. The number of nitrogens with zero attached hydrogens (tertiary/aromatic N) is 1. The summed E-state index contributed by atoms with van der Waals surface area (Å²) in [4.78, 5) is 40.0. The van der Waals surface area contributed by atoms with E-state index in [1.54, 1.807) is 11.4 Å². The molecule has 0 aromatic carbocycles. The van der Waals surface area contributed by atoms with Gasteiger partial charge in [-0.3, -0.25) is 14.2 Å². The molecule has 6 nitrogen and oxygen atoms in total. The van der Waals surface area contributed by atoms with E-state index in [9.17, 15) is 14.4 Å². The molecule has 0 radical (unpaired) electrons. The molecule has 156 valence electrons. The van der Waals surface area contributed by atoms with E-state index in [1.165, 1.54) is 54.4 Å². The molecule has 2 aromatic rings. The zero-order valence-electron chi connectivity index (χ0n) is 16.9. The zero-order chi connectivity index (χ0) is 20.2. The van der Waals surface area contributed by atoms with Crippen molar-refractivity contribution in [2.24, 2.45) is 23.2 Å². The van der Waals surface area contributed by atoms with Crippen molar-refractivity contribution in [1.82, 2.24) is 14.9 Å². The topological polar surface area (TPSA) is 84.0 Å². The second kappa shape index (κ2) is 7.11. The predicted octanol–water partition coefficient (Wildman–Crippen LogP) is 3.25. The second-order valence-electron chi connectivity index (χ2n) is 9.72. The maximum absolute atomic E-state index is 12.6. The highest BCUT2D eigenvalue weighted by atomic mass is 32.1. The molecule has 2 heterocycles. The van der Waals surface area contributed by atoms with Gasteiger partial charge in [0.05, 0.1) is 5.52 Å². The van der Waals surface area contributed by atoms with Crippen molar-refractivity contribution in [2.75, 3.05) is 0 Å². The first-order valence-corrected chi connectivity index (χ1v) is 11.8. The number of fused-ring (bicyclic) bond motifs is 1. The molecule has 6 rings (SSSR count). The third-order valence-electron chi connectivity index (χ3n) is 7.76. The molecule has 29 heavy (non-hydrogen) atoms. The van der Waals surface area contributed by atoms with Crippen molar-refractivity contribution in [1.29, 1.82) is 0 Å². The van der Waals surface area contributed by atoms with Crippen LogP contribution in [0.2, 0.25) is 0 Å². The van der Waals surface area contributed by atoms with Gasteiger partial charge in [-0.15, -0.1) is 11.3 Å². The maximum atomic E-state index is 12.6. The van der Waals surface area contributed by atoms with E-state index >= 15 is 0 Å². The first-order chi connectivity index (χ1) is 13.9. The highest BCUT2D eigenvalue weighted by Gasteiger charge is 2.53. The van der Waals surface area contributed by atoms with E-state index in [0.717, 1.165) is 17.8 Å². The molecule has 7 heteroatoms. The molecule has 2 N–H and O–H groups in total. The van der Waals surface area contributed by atoms with Crippen molar-refractivity contribution in [2.45, 2.75) is 70.9 Å². The van der Waals surface area contributed by atoms with Crippen molar-refractivity contribution >= 4 is 27.5 Å². The van der Waals surface area contributed by atoms with Gasteiger partial charge in [-0.2, -0.15) is 0 Å². The summed E-state index contributed by atoms with van der Waals surface area (Å²) in [6.07, 6.45) is 8.84. The summed E-state index contributed by atoms with van der Waals surface area (Å²) in [7, 11) is 0. The smallest absolute Gasteiger partial charge is 0.328 e. The fourth-order valence-corrected chi connectivity index (χ4v) is 7.54. The quantitative estimate of drug-likeness (QED) is 0.760.